The van der Waals surface area contributed by atoms with Crippen molar-refractivity contribution in [2.75, 3.05) is 39.3 Å². The molecule has 0 aliphatic rings. The second kappa shape index (κ2) is 41.5. The second-order valence-electron chi connectivity index (χ2n) is 13.9. The Labute approximate surface area is 299 Å². The van der Waals surface area contributed by atoms with Gasteiger partial charge in [0.05, 0.1) is 0 Å². The summed E-state index contributed by atoms with van der Waals surface area (Å²) in [4.78, 5) is 24.1. The molecule has 6 heteroatoms. The lowest BCUT2D eigenvalue weighted by Gasteiger charge is -2.09. The van der Waals surface area contributed by atoms with Crippen molar-refractivity contribution in [2.45, 2.75) is 194 Å². The lowest BCUT2D eigenvalue weighted by molar-refractivity contribution is -0.122. The molecule has 6 nitrogen and oxygen atoms in total. The van der Waals surface area contributed by atoms with E-state index < -0.39 is 0 Å². The van der Waals surface area contributed by atoms with Gasteiger partial charge in [0.1, 0.15) is 0 Å². The van der Waals surface area contributed by atoms with Crippen LogP contribution in [0.2, 0.25) is 0 Å². The molecule has 282 valence electrons. The van der Waals surface area contributed by atoms with Crippen molar-refractivity contribution in [1.82, 2.24) is 21.3 Å². The summed E-state index contributed by atoms with van der Waals surface area (Å²) in [6, 6.07) is 0. The number of unbranched alkanes of at least 4 members (excludes halogenated alkanes) is 22. The molecule has 0 aliphatic carbocycles. The summed E-state index contributed by atoms with van der Waals surface area (Å²) in [5.41, 5.74) is 0. The Balaban J connectivity index is 3.29. The van der Waals surface area contributed by atoms with E-state index in [-0.39, 0.29) is 11.8 Å². The van der Waals surface area contributed by atoms with E-state index in [1.165, 1.54) is 141 Å². The fourth-order valence-corrected chi connectivity index (χ4v) is 5.90. The van der Waals surface area contributed by atoms with Crippen LogP contribution in [-0.2, 0) is 9.59 Å². The summed E-state index contributed by atoms with van der Waals surface area (Å²) in [6.45, 7) is 9.17. The van der Waals surface area contributed by atoms with Crippen molar-refractivity contribution in [2.24, 2.45) is 0 Å². The molecule has 0 rings (SSSR count). The summed E-state index contributed by atoms with van der Waals surface area (Å²) >= 11 is 0. The first kappa shape index (κ1) is 46.3. The van der Waals surface area contributed by atoms with Gasteiger partial charge in [-0.05, 0) is 64.2 Å². The van der Waals surface area contributed by atoms with E-state index in [0.29, 0.717) is 25.9 Å². The Bertz CT molecular complexity index is 724. The number of hydrogen-bond donors (Lipinski definition) is 4. The van der Waals surface area contributed by atoms with E-state index in [0.717, 1.165) is 51.9 Å². The third kappa shape index (κ3) is 40.5. The van der Waals surface area contributed by atoms with E-state index in [9.17, 15) is 9.59 Å². The molecule has 0 radical (unpaired) electrons. The Morgan fingerprint density at radius 3 is 0.958 bits per heavy atom. The minimum absolute atomic E-state index is 0.169. The van der Waals surface area contributed by atoms with Crippen LogP contribution < -0.4 is 21.3 Å². The first-order valence-electron chi connectivity index (χ1n) is 21.0. The third-order valence-corrected chi connectivity index (χ3v) is 9.06. The first-order chi connectivity index (χ1) is 23.7. The van der Waals surface area contributed by atoms with Crippen LogP contribution >= 0.6 is 0 Å². The van der Waals surface area contributed by atoms with Gasteiger partial charge in [-0.1, -0.05) is 141 Å². The highest BCUT2D eigenvalue weighted by atomic mass is 16.2. The molecule has 4 N–H and O–H groups in total. The smallest absolute Gasteiger partial charge is 0.220 e. The Kier molecular flexibility index (Phi) is 40.1. The van der Waals surface area contributed by atoms with E-state index >= 15 is 0 Å². The predicted molar refractivity (Wildman–Crippen MR) is 211 cm³/mol. The molecule has 0 atom stereocenters. The number of allylic oxidation sites excluding steroid dienone is 4. The maximum Gasteiger partial charge on any atom is 0.220 e. The van der Waals surface area contributed by atoms with Crippen LogP contribution in [0, 0.1) is 0 Å². The second-order valence-corrected chi connectivity index (χ2v) is 13.9. The number of hydrogen-bond acceptors (Lipinski definition) is 4. The summed E-state index contributed by atoms with van der Waals surface area (Å²) < 4.78 is 0. The Morgan fingerprint density at radius 2 is 0.625 bits per heavy atom. The zero-order valence-electron chi connectivity index (χ0n) is 32.2. The normalized spacial score (nSPS) is 11.6. The van der Waals surface area contributed by atoms with Gasteiger partial charge >= 0.3 is 0 Å². The molecule has 0 spiro atoms. The molecule has 0 aromatic rings. The van der Waals surface area contributed by atoms with Crippen LogP contribution in [0.5, 0.6) is 0 Å². The molecular formula is C42H82N4O2. The van der Waals surface area contributed by atoms with E-state index in [2.05, 4.69) is 59.4 Å². The highest BCUT2D eigenvalue weighted by Gasteiger charge is 2.02. The SMILES string of the molecule is CCCCCCCCC=CCCCCCCCC(=O)NCCNCCNCCNC(=O)CCCCCCC=CCCCCCCCCC. The molecule has 0 unspecified atom stereocenters. The van der Waals surface area contributed by atoms with Crippen molar-refractivity contribution in [1.29, 1.82) is 0 Å². The lowest BCUT2D eigenvalue weighted by atomic mass is 10.1. The number of rotatable bonds is 39. The van der Waals surface area contributed by atoms with Gasteiger partial charge in [0.25, 0.3) is 0 Å². The van der Waals surface area contributed by atoms with Crippen LogP contribution in [0.1, 0.15) is 194 Å². The van der Waals surface area contributed by atoms with Crippen LogP contribution in [-0.4, -0.2) is 51.1 Å². The molecule has 0 fully saturated rings. The zero-order chi connectivity index (χ0) is 34.9. The van der Waals surface area contributed by atoms with Gasteiger partial charge in [0.2, 0.25) is 11.8 Å². The van der Waals surface area contributed by atoms with Crippen molar-refractivity contribution in [3.05, 3.63) is 24.3 Å². The average Bonchev–Trinajstić information content (AvgIpc) is 3.09. The molecule has 0 heterocycles. The lowest BCUT2D eigenvalue weighted by Crippen LogP contribution is -2.37. The van der Waals surface area contributed by atoms with E-state index in [4.69, 9.17) is 0 Å². The number of carbonyl (C=O) groups excluding carboxylic acids is 2. The standard InChI is InChI=1S/C42H82N4O2/c1-3-5-7-9-11-13-15-17-19-21-23-25-27-29-31-33-41(47)45-39-37-43-35-36-44-38-40-46-42(48)34-32-30-28-26-24-22-20-18-16-14-12-10-8-6-4-2/h17,19-20,22,43-44H,3-16,18,21,23-40H2,1-2H3,(H,45,47)(H,46,48). The largest absolute Gasteiger partial charge is 0.355 e. The van der Waals surface area contributed by atoms with Crippen LogP contribution in [0.3, 0.4) is 0 Å². The van der Waals surface area contributed by atoms with E-state index in [1.807, 2.05) is 0 Å². The monoisotopic (exact) mass is 675 g/mol. The van der Waals surface area contributed by atoms with Gasteiger partial charge in [-0.3, -0.25) is 9.59 Å². The van der Waals surface area contributed by atoms with Crippen molar-refractivity contribution in [3.8, 4) is 0 Å². The van der Waals surface area contributed by atoms with Gasteiger partial charge < -0.3 is 21.3 Å². The summed E-state index contributed by atoms with van der Waals surface area (Å²) in [5, 5.41) is 12.8. The minimum atomic E-state index is 0.169. The van der Waals surface area contributed by atoms with Gasteiger partial charge in [-0.25, -0.2) is 0 Å². The zero-order valence-corrected chi connectivity index (χ0v) is 32.2. The van der Waals surface area contributed by atoms with Crippen LogP contribution in [0.4, 0.5) is 0 Å². The first-order valence-corrected chi connectivity index (χ1v) is 21.0. The highest BCUT2D eigenvalue weighted by Crippen LogP contribution is 2.11. The number of nitrogens with one attached hydrogen (secondary N) is 4. The van der Waals surface area contributed by atoms with Gasteiger partial charge in [-0.15, -0.1) is 0 Å². The summed E-state index contributed by atoms with van der Waals surface area (Å²) in [6.07, 6.45) is 44.0. The number of carbonyl (C=O) groups is 2. The highest BCUT2D eigenvalue weighted by molar-refractivity contribution is 5.76. The Hall–Kier alpha value is -1.66. The fourth-order valence-electron chi connectivity index (χ4n) is 5.90. The third-order valence-electron chi connectivity index (χ3n) is 9.06. The molecule has 0 aromatic heterocycles. The van der Waals surface area contributed by atoms with Crippen molar-refractivity contribution in [3.63, 3.8) is 0 Å². The quantitative estimate of drug-likeness (QED) is 0.0386. The van der Waals surface area contributed by atoms with E-state index in [1.54, 1.807) is 0 Å². The fraction of sp³-hybridized carbons (Fsp3) is 0.857. The predicted octanol–water partition coefficient (Wildman–Crippen LogP) is 10.5. The van der Waals surface area contributed by atoms with Gasteiger partial charge in [0, 0.05) is 52.1 Å². The molecule has 2 amide bonds. The van der Waals surface area contributed by atoms with Crippen LogP contribution in [0.25, 0.3) is 0 Å². The van der Waals surface area contributed by atoms with Crippen molar-refractivity contribution >= 4 is 11.8 Å². The topological polar surface area (TPSA) is 82.3 Å². The maximum absolute atomic E-state index is 12.0. The molecule has 0 bridgehead atoms. The summed E-state index contributed by atoms with van der Waals surface area (Å²) in [7, 11) is 0. The minimum Gasteiger partial charge on any atom is -0.355 e. The molecule has 0 aromatic carbocycles. The molecule has 0 aliphatic heterocycles. The molecule has 0 saturated heterocycles. The van der Waals surface area contributed by atoms with Gasteiger partial charge in [0.15, 0.2) is 0 Å². The van der Waals surface area contributed by atoms with Gasteiger partial charge in [-0.2, -0.15) is 0 Å². The summed E-state index contributed by atoms with van der Waals surface area (Å²) in [5.74, 6) is 0.340. The molecular weight excluding hydrogens is 592 g/mol. The van der Waals surface area contributed by atoms with Crippen LogP contribution in [0.15, 0.2) is 24.3 Å². The molecule has 0 saturated carbocycles. The number of amides is 2. The van der Waals surface area contributed by atoms with Crippen molar-refractivity contribution < 1.29 is 9.59 Å². The molecule has 48 heavy (non-hydrogen) atoms. The maximum atomic E-state index is 12.0. The Morgan fingerprint density at radius 1 is 0.354 bits per heavy atom. The average molecular weight is 675 g/mol.